The standard InChI is InChI=1S/C15H20N2O2S/c1-12-3-2-4-13(11-12)16-14(18)17-7-5-15(6-8-17)19-9-10-20-15/h2-4,11H,5-10H2,1H3,(H,16,18). The number of rotatable bonds is 1. The molecule has 20 heavy (non-hydrogen) atoms. The molecule has 0 radical (unpaired) electrons. The third-order valence-corrected chi connectivity index (χ3v) is 5.32. The van der Waals surface area contributed by atoms with Crippen LogP contribution in [0.1, 0.15) is 18.4 Å². The lowest BCUT2D eigenvalue weighted by Gasteiger charge is -2.37. The number of carbonyl (C=O) groups excluding carboxylic acids is 1. The summed E-state index contributed by atoms with van der Waals surface area (Å²) < 4.78 is 5.85. The number of ether oxygens (including phenoxy) is 1. The number of aryl methyl sites for hydroxylation is 1. The second-order valence-electron chi connectivity index (χ2n) is 5.39. The van der Waals surface area contributed by atoms with Gasteiger partial charge >= 0.3 is 6.03 Å². The van der Waals surface area contributed by atoms with Gasteiger partial charge in [-0.05, 0) is 24.6 Å². The van der Waals surface area contributed by atoms with E-state index < -0.39 is 0 Å². The van der Waals surface area contributed by atoms with E-state index in [-0.39, 0.29) is 11.0 Å². The second kappa shape index (κ2) is 5.66. The molecule has 0 aliphatic carbocycles. The lowest BCUT2D eigenvalue weighted by atomic mass is 10.1. The highest BCUT2D eigenvalue weighted by atomic mass is 32.2. The third-order valence-electron chi connectivity index (χ3n) is 3.90. The molecular weight excluding hydrogens is 272 g/mol. The van der Waals surface area contributed by atoms with E-state index in [0.717, 1.165) is 49.5 Å². The van der Waals surface area contributed by atoms with Crippen molar-refractivity contribution in [3.63, 3.8) is 0 Å². The molecule has 2 aliphatic rings. The Bertz CT molecular complexity index is 490. The van der Waals surface area contributed by atoms with Crippen LogP contribution in [-0.4, -0.2) is 41.3 Å². The van der Waals surface area contributed by atoms with Gasteiger partial charge in [0.15, 0.2) is 0 Å². The molecule has 0 bridgehead atoms. The topological polar surface area (TPSA) is 41.6 Å². The van der Waals surface area contributed by atoms with Crippen LogP contribution in [0.3, 0.4) is 0 Å². The third kappa shape index (κ3) is 2.94. The summed E-state index contributed by atoms with van der Waals surface area (Å²) in [5, 5.41) is 2.97. The Balaban J connectivity index is 1.56. The van der Waals surface area contributed by atoms with Crippen molar-refractivity contribution >= 4 is 23.5 Å². The predicted molar refractivity (Wildman–Crippen MR) is 82.1 cm³/mol. The number of hydrogen-bond donors (Lipinski definition) is 1. The first-order valence-corrected chi connectivity index (χ1v) is 8.06. The summed E-state index contributed by atoms with van der Waals surface area (Å²) >= 11 is 1.90. The average molecular weight is 292 g/mol. The Labute approximate surface area is 123 Å². The summed E-state index contributed by atoms with van der Waals surface area (Å²) in [6, 6.07) is 7.88. The number of hydrogen-bond acceptors (Lipinski definition) is 3. The van der Waals surface area contributed by atoms with E-state index in [0.29, 0.717) is 0 Å². The number of urea groups is 1. The molecule has 0 saturated carbocycles. The molecule has 2 aliphatic heterocycles. The lowest BCUT2D eigenvalue weighted by Crippen LogP contribution is -2.46. The Morgan fingerprint density at radius 2 is 2.20 bits per heavy atom. The van der Waals surface area contributed by atoms with E-state index in [1.807, 2.05) is 47.9 Å². The molecule has 0 atom stereocenters. The van der Waals surface area contributed by atoms with Crippen LogP contribution in [0.5, 0.6) is 0 Å². The number of nitrogens with one attached hydrogen (secondary N) is 1. The molecule has 4 nitrogen and oxygen atoms in total. The SMILES string of the molecule is Cc1cccc(NC(=O)N2CCC3(CC2)OCCS3)c1. The quantitative estimate of drug-likeness (QED) is 0.865. The van der Waals surface area contributed by atoms with Crippen molar-refractivity contribution in [2.75, 3.05) is 30.8 Å². The van der Waals surface area contributed by atoms with Crippen LogP contribution in [0.2, 0.25) is 0 Å². The minimum atomic E-state index is -0.0138. The maximum Gasteiger partial charge on any atom is 0.321 e. The molecule has 1 spiro atoms. The normalized spacial score (nSPS) is 21.1. The number of likely N-dealkylation sites (tertiary alicyclic amines) is 1. The van der Waals surface area contributed by atoms with Crippen molar-refractivity contribution in [3.8, 4) is 0 Å². The molecule has 108 valence electrons. The number of thioether (sulfide) groups is 1. The number of carbonyl (C=O) groups is 1. The summed E-state index contributed by atoms with van der Waals surface area (Å²) in [6.07, 6.45) is 1.86. The smallest absolute Gasteiger partial charge is 0.321 e. The Kier molecular flexibility index (Phi) is 3.89. The van der Waals surface area contributed by atoms with Crippen LogP contribution in [-0.2, 0) is 4.74 Å². The molecule has 3 rings (SSSR count). The van der Waals surface area contributed by atoms with Gasteiger partial charge in [-0.2, -0.15) is 0 Å². The van der Waals surface area contributed by atoms with E-state index in [2.05, 4.69) is 5.32 Å². The van der Waals surface area contributed by atoms with E-state index in [9.17, 15) is 4.79 Å². The first kappa shape index (κ1) is 13.8. The highest BCUT2D eigenvalue weighted by molar-refractivity contribution is 8.00. The monoisotopic (exact) mass is 292 g/mol. The summed E-state index contributed by atoms with van der Waals surface area (Å²) in [7, 11) is 0. The van der Waals surface area contributed by atoms with E-state index >= 15 is 0 Å². The van der Waals surface area contributed by atoms with E-state index in [4.69, 9.17) is 4.74 Å². The maximum atomic E-state index is 12.2. The van der Waals surface area contributed by atoms with Crippen molar-refractivity contribution in [1.29, 1.82) is 0 Å². The summed E-state index contributed by atoms with van der Waals surface area (Å²) in [4.78, 5) is 14.1. The lowest BCUT2D eigenvalue weighted by molar-refractivity contribution is 0.0105. The molecule has 2 amide bonds. The zero-order chi connectivity index (χ0) is 14.0. The van der Waals surface area contributed by atoms with Crippen molar-refractivity contribution in [2.24, 2.45) is 0 Å². The van der Waals surface area contributed by atoms with Gasteiger partial charge in [-0.3, -0.25) is 0 Å². The molecule has 1 aromatic rings. The molecule has 0 unspecified atom stereocenters. The summed E-state index contributed by atoms with van der Waals surface area (Å²) in [5.41, 5.74) is 2.01. The molecule has 2 fully saturated rings. The highest BCUT2D eigenvalue weighted by Gasteiger charge is 2.40. The van der Waals surface area contributed by atoms with Gasteiger partial charge in [0.1, 0.15) is 4.93 Å². The fourth-order valence-corrected chi connectivity index (χ4v) is 3.94. The summed E-state index contributed by atoms with van der Waals surface area (Å²) in [6.45, 7) is 4.41. The molecular formula is C15H20N2O2S. The number of piperidine rings is 1. The Hall–Kier alpha value is -1.20. The molecule has 0 aromatic heterocycles. The zero-order valence-corrected chi connectivity index (χ0v) is 12.5. The van der Waals surface area contributed by atoms with Crippen LogP contribution in [0, 0.1) is 6.92 Å². The van der Waals surface area contributed by atoms with Crippen molar-refractivity contribution in [3.05, 3.63) is 29.8 Å². The van der Waals surface area contributed by atoms with E-state index in [1.54, 1.807) is 0 Å². The van der Waals surface area contributed by atoms with Crippen molar-refractivity contribution in [1.82, 2.24) is 4.90 Å². The van der Waals surface area contributed by atoms with Gasteiger partial charge < -0.3 is 15.0 Å². The first-order chi connectivity index (χ1) is 9.67. The van der Waals surface area contributed by atoms with Crippen molar-refractivity contribution < 1.29 is 9.53 Å². The number of benzene rings is 1. The van der Waals surface area contributed by atoms with Gasteiger partial charge in [-0.15, -0.1) is 11.8 Å². The fourth-order valence-electron chi connectivity index (χ4n) is 2.76. The largest absolute Gasteiger partial charge is 0.363 e. The van der Waals surface area contributed by atoms with Gasteiger partial charge in [-0.25, -0.2) is 4.79 Å². The van der Waals surface area contributed by atoms with Gasteiger partial charge in [0, 0.05) is 37.4 Å². The fraction of sp³-hybridized carbons (Fsp3) is 0.533. The predicted octanol–water partition coefficient (Wildman–Crippen LogP) is 3.08. The van der Waals surface area contributed by atoms with Crippen LogP contribution >= 0.6 is 11.8 Å². The minimum Gasteiger partial charge on any atom is -0.363 e. The molecule has 1 aromatic carbocycles. The average Bonchev–Trinajstić information content (AvgIpc) is 2.88. The van der Waals surface area contributed by atoms with Crippen LogP contribution in [0.15, 0.2) is 24.3 Å². The number of anilines is 1. The van der Waals surface area contributed by atoms with Gasteiger partial charge in [0.25, 0.3) is 0 Å². The Morgan fingerprint density at radius 3 is 2.85 bits per heavy atom. The highest BCUT2D eigenvalue weighted by Crippen LogP contribution is 2.41. The number of amides is 2. The minimum absolute atomic E-state index is 0.00607. The van der Waals surface area contributed by atoms with Crippen LogP contribution in [0.25, 0.3) is 0 Å². The number of nitrogens with zero attached hydrogens (tertiary/aromatic N) is 1. The van der Waals surface area contributed by atoms with Gasteiger partial charge in [-0.1, -0.05) is 12.1 Å². The van der Waals surface area contributed by atoms with Crippen molar-refractivity contribution in [2.45, 2.75) is 24.7 Å². The van der Waals surface area contributed by atoms with E-state index in [1.165, 1.54) is 0 Å². The maximum absolute atomic E-state index is 12.2. The Morgan fingerprint density at radius 1 is 1.40 bits per heavy atom. The molecule has 2 heterocycles. The van der Waals surface area contributed by atoms with Crippen LogP contribution < -0.4 is 5.32 Å². The second-order valence-corrected chi connectivity index (χ2v) is 6.84. The molecule has 1 N–H and O–H groups in total. The molecule has 5 heteroatoms. The van der Waals surface area contributed by atoms with Gasteiger partial charge in [0.05, 0.1) is 6.61 Å². The molecule has 2 saturated heterocycles. The van der Waals surface area contributed by atoms with Crippen LogP contribution in [0.4, 0.5) is 10.5 Å². The zero-order valence-electron chi connectivity index (χ0n) is 11.7. The summed E-state index contributed by atoms with van der Waals surface area (Å²) in [5.74, 6) is 1.08. The first-order valence-electron chi connectivity index (χ1n) is 7.07. The van der Waals surface area contributed by atoms with Gasteiger partial charge in [0.2, 0.25) is 0 Å².